The normalized spacial score (nSPS) is 11.2. The van der Waals surface area contributed by atoms with Gasteiger partial charge in [0, 0.05) is 11.1 Å². The first-order valence-corrected chi connectivity index (χ1v) is 25.5. The van der Waals surface area contributed by atoms with Crippen LogP contribution in [0, 0.1) is 0 Å². The number of esters is 2. The second-order valence-corrected chi connectivity index (χ2v) is 18.7. The number of aryl methyl sites for hydroxylation is 2. The summed E-state index contributed by atoms with van der Waals surface area (Å²) in [6, 6.07) is 73.5. The van der Waals surface area contributed by atoms with Gasteiger partial charge in [0.1, 0.15) is 11.5 Å². The van der Waals surface area contributed by atoms with Gasteiger partial charge < -0.3 is 9.47 Å². The van der Waals surface area contributed by atoms with Crippen LogP contribution in [-0.2, 0) is 12.8 Å². The Kier molecular flexibility index (Phi) is 14.6. The van der Waals surface area contributed by atoms with Gasteiger partial charge in [0.2, 0.25) is 0 Å². The Morgan fingerprint density at radius 3 is 0.931 bits per heavy atom. The zero-order valence-electron chi connectivity index (χ0n) is 41.1. The molecule has 10 aromatic carbocycles. The van der Waals surface area contributed by atoms with Gasteiger partial charge in [-0.25, -0.2) is 9.59 Å². The first-order valence-electron chi connectivity index (χ1n) is 25.5. The summed E-state index contributed by atoms with van der Waals surface area (Å²) in [7, 11) is 0. The predicted molar refractivity (Wildman–Crippen MR) is 298 cm³/mol. The van der Waals surface area contributed by atoms with Crippen molar-refractivity contribution in [2.75, 3.05) is 0 Å². The highest BCUT2D eigenvalue weighted by Crippen LogP contribution is 2.46. The third-order valence-electron chi connectivity index (χ3n) is 13.8. The summed E-state index contributed by atoms with van der Waals surface area (Å²) in [6.45, 7) is 4.47. The average Bonchev–Trinajstić information content (AvgIpc) is 3.44. The highest BCUT2D eigenvalue weighted by molar-refractivity contribution is 6.11. The van der Waals surface area contributed by atoms with Gasteiger partial charge in [0.15, 0.2) is 0 Å². The predicted octanol–water partition coefficient (Wildman–Crippen LogP) is 18.2. The van der Waals surface area contributed by atoms with Crippen molar-refractivity contribution < 1.29 is 19.1 Å². The van der Waals surface area contributed by atoms with Crippen molar-refractivity contribution in [2.45, 2.75) is 65.2 Å². The van der Waals surface area contributed by atoms with E-state index >= 15 is 0 Å². The zero-order chi connectivity index (χ0) is 49.2. The average molecular weight is 939 g/mol. The molecule has 0 aromatic heterocycles. The lowest BCUT2D eigenvalue weighted by Gasteiger charge is -2.19. The fourth-order valence-electron chi connectivity index (χ4n) is 9.70. The van der Waals surface area contributed by atoms with Gasteiger partial charge in [-0.1, -0.05) is 222 Å². The maximum Gasteiger partial charge on any atom is 0.343 e. The lowest BCUT2D eigenvalue weighted by molar-refractivity contribution is 0.0723. The Balaban J connectivity index is 0.881. The maximum absolute atomic E-state index is 14.1. The fraction of sp³-hybridized carbons (Fsp3) is 0.147. The van der Waals surface area contributed by atoms with Crippen LogP contribution in [0.3, 0.4) is 0 Å². The minimum Gasteiger partial charge on any atom is -0.422 e. The van der Waals surface area contributed by atoms with Crippen LogP contribution in [0.25, 0.3) is 77.2 Å². The second kappa shape index (κ2) is 22.2. The number of hydrogen-bond donors (Lipinski definition) is 0. The van der Waals surface area contributed by atoms with E-state index in [9.17, 15) is 9.59 Å². The van der Waals surface area contributed by atoms with E-state index in [0.29, 0.717) is 33.8 Å². The number of hydrogen-bond acceptors (Lipinski definition) is 4. The van der Waals surface area contributed by atoms with Crippen LogP contribution < -0.4 is 9.47 Å². The quantitative estimate of drug-likeness (QED) is 0.0518. The van der Waals surface area contributed by atoms with Crippen LogP contribution in [0.4, 0.5) is 0 Å². The third kappa shape index (κ3) is 10.7. The zero-order valence-corrected chi connectivity index (χ0v) is 41.1. The van der Waals surface area contributed by atoms with E-state index in [1.54, 1.807) is 0 Å². The topological polar surface area (TPSA) is 52.6 Å². The molecular weight excluding hydrogens is 881 g/mol. The molecular formula is C68H58O4. The van der Waals surface area contributed by atoms with Gasteiger partial charge in [0.05, 0.1) is 11.1 Å². The summed E-state index contributed by atoms with van der Waals surface area (Å²) < 4.78 is 12.7. The molecule has 0 unspecified atom stereocenters. The Bertz CT molecular complexity index is 3230. The van der Waals surface area contributed by atoms with Gasteiger partial charge in [-0.3, -0.25) is 0 Å². The number of fused-ring (bicyclic) bond motifs is 2. The molecule has 0 amide bonds. The molecule has 10 aromatic rings. The summed E-state index contributed by atoms with van der Waals surface area (Å²) in [6.07, 6.45) is 9.65. The largest absolute Gasteiger partial charge is 0.422 e. The number of unbranched alkanes of at least 4 members (excludes halogenated alkanes) is 4. The molecule has 0 bridgehead atoms. The standard InChI is InChI=1S/C68H58O4/c1-3-5-7-13-47-19-23-49(24-20-47)51-27-31-53(32-28-51)55-35-39-59(40-36-55)67(69)71-63-45-43-57-15-9-11-17-61(57)65(63)66-62-18-12-10-16-58(62)44-46-64(66)72-68(70)60-41-37-56(38-42-60)54-33-29-52(30-34-54)50-25-21-48(22-26-50)14-8-6-4-2/h9-12,15-46H,3-8,13-14H2,1-2H3. The van der Waals surface area contributed by atoms with Crippen molar-refractivity contribution in [1.82, 2.24) is 0 Å². The first-order chi connectivity index (χ1) is 35.4. The lowest BCUT2D eigenvalue weighted by Crippen LogP contribution is -2.11. The van der Waals surface area contributed by atoms with Crippen molar-refractivity contribution >= 4 is 33.5 Å². The van der Waals surface area contributed by atoms with Gasteiger partial charge in [-0.15, -0.1) is 0 Å². The molecule has 0 saturated carbocycles. The van der Waals surface area contributed by atoms with Gasteiger partial charge >= 0.3 is 11.9 Å². The van der Waals surface area contributed by atoms with E-state index in [1.807, 2.05) is 121 Å². The Labute approximate surface area is 423 Å². The first kappa shape index (κ1) is 47.3. The molecule has 10 rings (SSSR count). The van der Waals surface area contributed by atoms with Crippen LogP contribution >= 0.6 is 0 Å². The molecule has 72 heavy (non-hydrogen) atoms. The van der Waals surface area contributed by atoms with Crippen LogP contribution in [0.2, 0.25) is 0 Å². The highest BCUT2D eigenvalue weighted by Gasteiger charge is 2.23. The number of benzene rings is 10. The van der Waals surface area contributed by atoms with Crippen LogP contribution in [0.1, 0.15) is 84.2 Å². The molecule has 0 heterocycles. The van der Waals surface area contributed by atoms with Crippen LogP contribution in [0.15, 0.2) is 218 Å². The molecule has 0 saturated heterocycles. The van der Waals surface area contributed by atoms with Crippen molar-refractivity contribution in [2.24, 2.45) is 0 Å². The van der Waals surface area contributed by atoms with E-state index in [1.165, 1.54) is 60.8 Å². The van der Waals surface area contributed by atoms with E-state index in [-0.39, 0.29) is 0 Å². The Morgan fingerprint density at radius 1 is 0.319 bits per heavy atom. The van der Waals surface area contributed by atoms with E-state index in [0.717, 1.165) is 67.8 Å². The lowest BCUT2D eigenvalue weighted by atomic mass is 9.92. The molecule has 0 N–H and O–H groups in total. The number of ether oxygens (including phenoxy) is 2. The summed E-state index contributed by atoms with van der Waals surface area (Å²) in [5.74, 6) is -0.273. The minimum absolute atomic E-state index is 0.357. The van der Waals surface area contributed by atoms with Gasteiger partial charge in [-0.2, -0.15) is 0 Å². The summed E-state index contributed by atoms with van der Waals surface area (Å²) in [5.41, 5.74) is 13.7. The van der Waals surface area contributed by atoms with Gasteiger partial charge in [0.25, 0.3) is 0 Å². The van der Waals surface area contributed by atoms with E-state index in [2.05, 4.69) is 111 Å². The summed E-state index contributed by atoms with van der Waals surface area (Å²) in [5, 5.41) is 3.61. The molecule has 0 aliphatic heterocycles. The van der Waals surface area contributed by atoms with E-state index < -0.39 is 11.9 Å². The molecule has 4 heteroatoms. The highest BCUT2D eigenvalue weighted by atomic mass is 16.5. The number of rotatable bonds is 17. The molecule has 0 spiro atoms. The molecule has 0 radical (unpaired) electrons. The fourth-order valence-corrected chi connectivity index (χ4v) is 9.70. The van der Waals surface area contributed by atoms with Crippen LogP contribution in [-0.4, -0.2) is 11.9 Å². The number of carbonyl (C=O) groups excluding carboxylic acids is 2. The third-order valence-corrected chi connectivity index (χ3v) is 13.8. The minimum atomic E-state index is -0.494. The molecule has 0 aliphatic rings. The summed E-state index contributed by atoms with van der Waals surface area (Å²) in [4.78, 5) is 28.3. The molecule has 4 nitrogen and oxygen atoms in total. The van der Waals surface area contributed by atoms with Crippen molar-refractivity contribution in [1.29, 1.82) is 0 Å². The van der Waals surface area contributed by atoms with Crippen molar-refractivity contribution in [3.63, 3.8) is 0 Å². The molecule has 0 fully saturated rings. The molecule has 0 atom stereocenters. The monoisotopic (exact) mass is 938 g/mol. The van der Waals surface area contributed by atoms with Crippen LogP contribution in [0.5, 0.6) is 11.5 Å². The molecule has 0 aliphatic carbocycles. The van der Waals surface area contributed by atoms with Crippen molar-refractivity contribution in [3.05, 3.63) is 241 Å². The maximum atomic E-state index is 14.1. The Morgan fingerprint density at radius 2 is 0.611 bits per heavy atom. The van der Waals surface area contributed by atoms with E-state index in [4.69, 9.17) is 9.47 Å². The second-order valence-electron chi connectivity index (χ2n) is 18.7. The van der Waals surface area contributed by atoms with Crippen molar-refractivity contribution in [3.8, 4) is 67.1 Å². The Hall–Kier alpha value is -8.34. The van der Waals surface area contributed by atoms with Gasteiger partial charge in [-0.05, 0) is 139 Å². The SMILES string of the molecule is CCCCCc1ccc(-c2ccc(-c3ccc(C(=O)Oc4ccc5ccccc5c4-c4c(OC(=O)c5ccc(-c6ccc(-c7ccc(CCCCC)cc7)cc6)cc5)ccc5ccccc45)cc3)cc2)cc1. The molecule has 354 valence electrons. The summed E-state index contributed by atoms with van der Waals surface area (Å²) >= 11 is 0. The smallest absolute Gasteiger partial charge is 0.343 e. The number of carbonyl (C=O) groups is 2.